The van der Waals surface area contributed by atoms with Crippen molar-refractivity contribution in [2.75, 3.05) is 0 Å². The molecule has 7 heteroatoms. The zero-order valence-corrected chi connectivity index (χ0v) is 15.8. The van der Waals surface area contributed by atoms with Gasteiger partial charge in [-0.3, -0.25) is 9.59 Å². The van der Waals surface area contributed by atoms with E-state index in [1.54, 1.807) is 6.07 Å². The molecular weight excluding hydrogens is 387 g/mol. The number of aromatic amines is 1. The van der Waals surface area contributed by atoms with Gasteiger partial charge in [0.25, 0.3) is 5.56 Å². The molecule has 0 spiro atoms. The van der Waals surface area contributed by atoms with Crippen LogP contribution in [0.4, 0.5) is 0 Å². The number of fused-ring (bicyclic) bond motifs is 2. The van der Waals surface area contributed by atoms with Crippen LogP contribution in [0.3, 0.4) is 0 Å². The molecular formula is C20H14Cl2N2O3. The molecule has 0 aliphatic rings. The number of H-pyrrole nitrogens is 1. The van der Waals surface area contributed by atoms with Crippen molar-refractivity contribution in [1.82, 2.24) is 10.2 Å². The van der Waals surface area contributed by atoms with Gasteiger partial charge in [0.1, 0.15) is 17.1 Å². The Bertz CT molecular complexity index is 1260. The number of ketones is 1. The zero-order chi connectivity index (χ0) is 19.1. The molecule has 0 bridgehead atoms. The Morgan fingerprint density at radius 3 is 2.59 bits per heavy atom. The third-order valence-corrected chi connectivity index (χ3v) is 5.10. The molecule has 1 N–H and O–H groups in total. The quantitative estimate of drug-likeness (QED) is 0.541. The fraction of sp³-hybridized carbons (Fsp3) is 0.150. The molecule has 2 aromatic carbocycles. The summed E-state index contributed by atoms with van der Waals surface area (Å²) in [7, 11) is 0. The van der Waals surface area contributed by atoms with E-state index in [0.29, 0.717) is 21.5 Å². The molecule has 0 saturated heterocycles. The average molecular weight is 401 g/mol. The first-order valence-electron chi connectivity index (χ1n) is 8.28. The maximum absolute atomic E-state index is 12.6. The molecule has 136 valence electrons. The lowest BCUT2D eigenvalue weighted by Crippen LogP contribution is -2.15. The van der Waals surface area contributed by atoms with Crippen LogP contribution in [0.25, 0.3) is 21.7 Å². The van der Waals surface area contributed by atoms with E-state index < -0.39 is 0 Å². The highest BCUT2D eigenvalue weighted by Gasteiger charge is 2.14. The largest absolute Gasteiger partial charge is 0.461 e. The Hall–Kier alpha value is -2.63. The fourth-order valence-corrected chi connectivity index (χ4v) is 3.49. The smallest absolute Gasteiger partial charge is 0.272 e. The van der Waals surface area contributed by atoms with Crippen LogP contribution in [0, 0.1) is 6.92 Å². The molecule has 0 radical (unpaired) electrons. The number of hydrogen-bond acceptors (Lipinski definition) is 4. The summed E-state index contributed by atoms with van der Waals surface area (Å²) in [4.78, 5) is 24.6. The number of benzene rings is 2. The van der Waals surface area contributed by atoms with Crippen LogP contribution in [-0.4, -0.2) is 16.0 Å². The maximum Gasteiger partial charge on any atom is 0.272 e. The molecule has 0 fully saturated rings. The summed E-state index contributed by atoms with van der Waals surface area (Å²) in [5.41, 5.74) is 1.78. The van der Waals surface area contributed by atoms with Gasteiger partial charge in [-0.15, -0.1) is 0 Å². The first kappa shape index (κ1) is 17.8. The summed E-state index contributed by atoms with van der Waals surface area (Å²) < 4.78 is 5.55. The predicted molar refractivity (Wildman–Crippen MR) is 106 cm³/mol. The minimum absolute atomic E-state index is 0.0264. The third-order valence-electron chi connectivity index (χ3n) is 4.38. The van der Waals surface area contributed by atoms with Crippen molar-refractivity contribution < 1.29 is 9.21 Å². The fourth-order valence-electron chi connectivity index (χ4n) is 3.16. The van der Waals surface area contributed by atoms with Crippen molar-refractivity contribution >= 4 is 50.7 Å². The van der Waals surface area contributed by atoms with Gasteiger partial charge in [-0.05, 0) is 42.8 Å². The van der Waals surface area contributed by atoms with Gasteiger partial charge in [-0.2, -0.15) is 5.10 Å². The van der Waals surface area contributed by atoms with E-state index >= 15 is 0 Å². The van der Waals surface area contributed by atoms with Crippen LogP contribution in [-0.2, 0) is 17.6 Å². The summed E-state index contributed by atoms with van der Waals surface area (Å²) >= 11 is 12.1. The van der Waals surface area contributed by atoms with Gasteiger partial charge >= 0.3 is 0 Å². The van der Waals surface area contributed by atoms with Crippen molar-refractivity contribution in [3.8, 4) is 0 Å². The van der Waals surface area contributed by atoms with Crippen molar-refractivity contribution in [2.24, 2.45) is 0 Å². The molecule has 0 unspecified atom stereocenters. The highest BCUT2D eigenvalue weighted by molar-refractivity contribution is 6.42. The number of rotatable bonds is 4. The highest BCUT2D eigenvalue weighted by Crippen LogP contribution is 2.27. The third kappa shape index (κ3) is 3.48. The Kier molecular flexibility index (Phi) is 4.50. The van der Waals surface area contributed by atoms with Crippen LogP contribution in [0.2, 0.25) is 10.0 Å². The monoisotopic (exact) mass is 400 g/mol. The van der Waals surface area contributed by atoms with Gasteiger partial charge < -0.3 is 4.42 Å². The van der Waals surface area contributed by atoms with E-state index in [1.165, 1.54) is 6.07 Å². The number of nitrogens with one attached hydrogen (secondary N) is 1. The van der Waals surface area contributed by atoms with E-state index in [4.69, 9.17) is 27.6 Å². The minimum Gasteiger partial charge on any atom is -0.461 e. The lowest BCUT2D eigenvalue weighted by Gasteiger charge is -2.06. The van der Waals surface area contributed by atoms with Crippen molar-refractivity contribution in [3.05, 3.63) is 73.8 Å². The van der Waals surface area contributed by atoms with E-state index in [9.17, 15) is 9.59 Å². The molecule has 0 atom stereocenters. The minimum atomic E-state index is -0.374. The first-order chi connectivity index (χ1) is 12.9. The van der Waals surface area contributed by atoms with E-state index in [-0.39, 0.29) is 29.2 Å². The number of furan rings is 1. The zero-order valence-electron chi connectivity index (χ0n) is 14.3. The number of aryl methyl sites for hydroxylation is 1. The van der Waals surface area contributed by atoms with Gasteiger partial charge in [0, 0.05) is 17.2 Å². The van der Waals surface area contributed by atoms with Crippen LogP contribution in [0.5, 0.6) is 0 Å². The standard InChI is InChI=1S/C20H14Cl2N2O3/c1-10-4-12-5-11(2-3-19(12)27-10)6-13(25)7-18-14-8-16(21)17(22)9-15(14)20(26)24-23-18/h2-5,8-9H,6-7H2,1H3,(H,24,26). The Labute approximate surface area is 163 Å². The van der Waals surface area contributed by atoms with Gasteiger partial charge in [-0.1, -0.05) is 29.3 Å². The van der Waals surface area contributed by atoms with Crippen LogP contribution in [0.1, 0.15) is 17.0 Å². The van der Waals surface area contributed by atoms with E-state index in [0.717, 1.165) is 22.3 Å². The van der Waals surface area contributed by atoms with Crippen LogP contribution in [0.15, 0.2) is 45.6 Å². The normalized spacial score (nSPS) is 11.4. The summed E-state index contributed by atoms with van der Waals surface area (Å²) in [5, 5.41) is 8.89. The Morgan fingerprint density at radius 2 is 1.81 bits per heavy atom. The SMILES string of the molecule is Cc1cc2cc(CC(=O)Cc3n[nH]c(=O)c4cc(Cl)c(Cl)cc34)ccc2o1. The van der Waals surface area contributed by atoms with Gasteiger partial charge in [0.15, 0.2) is 0 Å². The van der Waals surface area contributed by atoms with Crippen LogP contribution < -0.4 is 5.56 Å². The van der Waals surface area contributed by atoms with Crippen molar-refractivity contribution in [2.45, 2.75) is 19.8 Å². The number of carbonyl (C=O) groups is 1. The second kappa shape index (κ2) is 6.83. The number of hydrogen-bond donors (Lipinski definition) is 1. The predicted octanol–water partition coefficient (Wildman–Crippen LogP) is 4.64. The second-order valence-electron chi connectivity index (χ2n) is 6.43. The molecule has 0 amide bonds. The average Bonchev–Trinajstić information content (AvgIpc) is 2.98. The topological polar surface area (TPSA) is 76.0 Å². The summed E-state index contributed by atoms with van der Waals surface area (Å²) in [6.07, 6.45) is 0.331. The molecule has 4 aromatic rings. The molecule has 0 saturated carbocycles. The number of halogens is 2. The maximum atomic E-state index is 12.6. The number of nitrogens with zero attached hydrogens (tertiary/aromatic N) is 1. The number of Topliss-reactive ketones (excluding diaryl/α,β-unsaturated/α-hetero) is 1. The van der Waals surface area contributed by atoms with Crippen molar-refractivity contribution in [3.63, 3.8) is 0 Å². The molecule has 0 aliphatic carbocycles. The van der Waals surface area contributed by atoms with E-state index in [1.807, 2.05) is 31.2 Å². The molecule has 4 rings (SSSR count). The molecule has 2 aromatic heterocycles. The summed E-state index contributed by atoms with van der Waals surface area (Å²) in [6.45, 7) is 1.88. The highest BCUT2D eigenvalue weighted by atomic mass is 35.5. The Morgan fingerprint density at radius 1 is 1.07 bits per heavy atom. The lowest BCUT2D eigenvalue weighted by molar-refractivity contribution is -0.117. The number of aromatic nitrogens is 2. The molecule has 2 heterocycles. The van der Waals surface area contributed by atoms with Crippen molar-refractivity contribution in [1.29, 1.82) is 0 Å². The Balaban J connectivity index is 1.63. The van der Waals surface area contributed by atoms with Gasteiger partial charge in [0.05, 0.1) is 27.5 Å². The van der Waals surface area contributed by atoms with Gasteiger partial charge in [0.2, 0.25) is 0 Å². The van der Waals surface area contributed by atoms with E-state index in [2.05, 4.69) is 10.2 Å². The van der Waals surface area contributed by atoms with Crippen LogP contribution >= 0.6 is 23.2 Å². The number of carbonyl (C=O) groups excluding carboxylic acids is 1. The summed E-state index contributed by atoms with van der Waals surface area (Å²) in [5.74, 6) is 0.800. The second-order valence-corrected chi connectivity index (χ2v) is 7.25. The first-order valence-corrected chi connectivity index (χ1v) is 9.03. The molecule has 27 heavy (non-hydrogen) atoms. The summed E-state index contributed by atoms with van der Waals surface area (Å²) in [6, 6.07) is 10.7. The lowest BCUT2D eigenvalue weighted by atomic mass is 10.0. The molecule has 0 aliphatic heterocycles. The van der Waals surface area contributed by atoms with Gasteiger partial charge in [-0.25, -0.2) is 5.10 Å². The molecule has 5 nitrogen and oxygen atoms in total.